The van der Waals surface area contributed by atoms with Crippen molar-refractivity contribution in [3.05, 3.63) is 0 Å². The van der Waals surface area contributed by atoms with Crippen LogP contribution in [0.5, 0.6) is 0 Å². The fraction of sp³-hybridized carbons (Fsp3) is 0.875. The molecular formula is C8H16ClNO3. The van der Waals surface area contributed by atoms with Gasteiger partial charge in [0.15, 0.2) is 0 Å². The van der Waals surface area contributed by atoms with Gasteiger partial charge in [-0.05, 0) is 6.42 Å². The lowest BCUT2D eigenvalue weighted by Crippen LogP contribution is -2.25. The molecule has 0 fully saturated rings. The van der Waals surface area contributed by atoms with E-state index in [2.05, 4.69) is 5.32 Å². The summed E-state index contributed by atoms with van der Waals surface area (Å²) in [6.45, 7) is 1.55. The van der Waals surface area contributed by atoms with Crippen molar-refractivity contribution in [3.63, 3.8) is 0 Å². The van der Waals surface area contributed by atoms with Gasteiger partial charge in [-0.1, -0.05) is 0 Å². The van der Waals surface area contributed by atoms with Crippen molar-refractivity contribution in [2.75, 3.05) is 32.2 Å². The van der Waals surface area contributed by atoms with Gasteiger partial charge in [0.25, 0.3) is 0 Å². The predicted molar refractivity (Wildman–Crippen MR) is 50.9 cm³/mol. The first-order chi connectivity index (χ1) is 6.31. The second-order valence-corrected chi connectivity index (χ2v) is 2.86. The van der Waals surface area contributed by atoms with Crippen LogP contribution in [-0.2, 0) is 9.53 Å². The first kappa shape index (κ1) is 12.7. The summed E-state index contributed by atoms with van der Waals surface area (Å²) in [6.07, 6.45) is 1.12. The molecule has 0 rings (SSSR count). The Kier molecular flexibility index (Phi) is 9.53. The molecule has 0 aromatic heterocycles. The van der Waals surface area contributed by atoms with E-state index in [1.807, 2.05) is 0 Å². The Morgan fingerprint density at radius 1 is 1.46 bits per heavy atom. The third kappa shape index (κ3) is 9.60. The zero-order valence-electron chi connectivity index (χ0n) is 7.59. The van der Waals surface area contributed by atoms with Crippen molar-refractivity contribution in [2.24, 2.45) is 0 Å². The van der Waals surface area contributed by atoms with E-state index < -0.39 is 0 Å². The predicted octanol–water partition coefficient (Wildman–Crippen LogP) is 0.131. The highest BCUT2D eigenvalue weighted by molar-refractivity contribution is 6.18. The third-order valence-corrected chi connectivity index (χ3v) is 1.53. The van der Waals surface area contributed by atoms with E-state index in [1.165, 1.54) is 0 Å². The normalized spacial score (nSPS) is 10.0. The standard InChI is InChI=1S/C8H16ClNO3/c9-3-2-8(12)10-4-1-6-13-7-5-11/h11H,1-7H2,(H,10,12). The summed E-state index contributed by atoms with van der Waals surface area (Å²) >= 11 is 5.36. The number of rotatable bonds is 8. The van der Waals surface area contributed by atoms with Crippen LogP contribution in [0.25, 0.3) is 0 Å². The van der Waals surface area contributed by atoms with E-state index >= 15 is 0 Å². The molecule has 0 spiro atoms. The molecule has 0 bridgehead atoms. The quantitative estimate of drug-likeness (QED) is 0.441. The van der Waals surface area contributed by atoms with Crippen molar-refractivity contribution in [2.45, 2.75) is 12.8 Å². The second kappa shape index (κ2) is 9.77. The fourth-order valence-electron chi connectivity index (χ4n) is 0.743. The first-order valence-corrected chi connectivity index (χ1v) is 4.86. The van der Waals surface area contributed by atoms with Gasteiger partial charge in [-0.25, -0.2) is 0 Å². The Hall–Kier alpha value is -0.320. The zero-order valence-corrected chi connectivity index (χ0v) is 8.35. The monoisotopic (exact) mass is 209 g/mol. The van der Waals surface area contributed by atoms with Crippen molar-refractivity contribution in [1.82, 2.24) is 5.32 Å². The topological polar surface area (TPSA) is 58.6 Å². The molecular weight excluding hydrogens is 194 g/mol. The van der Waals surface area contributed by atoms with Crippen molar-refractivity contribution >= 4 is 17.5 Å². The Bertz CT molecular complexity index is 133. The Labute approximate surface area is 83.2 Å². The molecule has 0 saturated carbocycles. The number of amides is 1. The van der Waals surface area contributed by atoms with E-state index in [-0.39, 0.29) is 12.5 Å². The largest absolute Gasteiger partial charge is 0.394 e. The average Bonchev–Trinajstić information content (AvgIpc) is 2.11. The lowest BCUT2D eigenvalue weighted by atomic mass is 10.4. The highest BCUT2D eigenvalue weighted by Gasteiger charge is 1.97. The molecule has 78 valence electrons. The molecule has 0 aromatic carbocycles. The van der Waals surface area contributed by atoms with Gasteiger partial charge in [0.05, 0.1) is 13.2 Å². The summed E-state index contributed by atoms with van der Waals surface area (Å²) in [4.78, 5) is 10.9. The van der Waals surface area contributed by atoms with Gasteiger partial charge >= 0.3 is 0 Å². The summed E-state index contributed by atoms with van der Waals surface area (Å²) in [5.74, 6) is 0.324. The minimum Gasteiger partial charge on any atom is -0.394 e. The van der Waals surface area contributed by atoms with Gasteiger partial charge < -0.3 is 15.2 Å². The molecule has 0 atom stereocenters. The molecule has 0 aliphatic heterocycles. The maximum absolute atomic E-state index is 10.9. The van der Waals surface area contributed by atoms with Crippen LogP contribution in [0.3, 0.4) is 0 Å². The van der Waals surface area contributed by atoms with E-state index in [0.717, 1.165) is 6.42 Å². The number of aliphatic hydroxyl groups excluding tert-OH is 1. The van der Waals surface area contributed by atoms with E-state index in [1.54, 1.807) is 0 Å². The molecule has 5 heteroatoms. The van der Waals surface area contributed by atoms with Crippen molar-refractivity contribution in [3.8, 4) is 0 Å². The number of halogens is 1. The molecule has 0 saturated heterocycles. The molecule has 1 amide bonds. The van der Waals surface area contributed by atoms with Crippen LogP contribution in [0.4, 0.5) is 0 Å². The van der Waals surface area contributed by atoms with Crippen LogP contribution in [0.2, 0.25) is 0 Å². The van der Waals surface area contributed by atoms with E-state index in [9.17, 15) is 4.79 Å². The van der Waals surface area contributed by atoms with Crippen molar-refractivity contribution < 1.29 is 14.6 Å². The number of carbonyl (C=O) groups excluding carboxylic acids is 1. The van der Waals surface area contributed by atoms with Crippen LogP contribution in [0.15, 0.2) is 0 Å². The Balaban J connectivity index is 3.02. The summed E-state index contributed by atoms with van der Waals surface area (Å²) in [7, 11) is 0. The van der Waals surface area contributed by atoms with Crippen LogP contribution >= 0.6 is 11.6 Å². The third-order valence-electron chi connectivity index (χ3n) is 1.34. The number of aliphatic hydroxyl groups is 1. The maximum atomic E-state index is 10.9. The Morgan fingerprint density at radius 2 is 2.23 bits per heavy atom. The molecule has 2 N–H and O–H groups in total. The van der Waals surface area contributed by atoms with Gasteiger partial charge in [0.2, 0.25) is 5.91 Å². The van der Waals surface area contributed by atoms with Gasteiger partial charge in [-0.3, -0.25) is 4.79 Å². The van der Waals surface area contributed by atoms with Gasteiger partial charge in [-0.15, -0.1) is 11.6 Å². The summed E-state index contributed by atoms with van der Waals surface area (Å²) in [5.41, 5.74) is 0. The Morgan fingerprint density at radius 3 is 2.85 bits per heavy atom. The van der Waals surface area contributed by atoms with E-state index in [0.29, 0.717) is 32.1 Å². The number of alkyl halides is 1. The summed E-state index contributed by atoms with van der Waals surface area (Å²) in [6, 6.07) is 0. The zero-order chi connectivity index (χ0) is 9.94. The molecule has 0 aliphatic rings. The van der Waals surface area contributed by atoms with Gasteiger partial charge in [0.1, 0.15) is 0 Å². The summed E-state index contributed by atoms with van der Waals surface area (Å²) < 4.78 is 5.00. The van der Waals surface area contributed by atoms with Crippen molar-refractivity contribution in [1.29, 1.82) is 0 Å². The minimum absolute atomic E-state index is 0.0304. The van der Waals surface area contributed by atoms with E-state index in [4.69, 9.17) is 21.4 Å². The first-order valence-electron chi connectivity index (χ1n) is 4.32. The molecule has 13 heavy (non-hydrogen) atoms. The van der Waals surface area contributed by atoms with Gasteiger partial charge in [0, 0.05) is 25.5 Å². The average molecular weight is 210 g/mol. The highest BCUT2D eigenvalue weighted by Crippen LogP contribution is 1.85. The van der Waals surface area contributed by atoms with Gasteiger partial charge in [-0.2, -0.15) is 0 Å². The SMILES string of the molecule is O=C(CCCl)NCCCOCCO. The highest BCUT2D eigenvalue weighted by atomic mass is 35.5. The minimum atomic E-state index is -0.0304. The number of nitrogens with one attached hydrogen (secondary N) is 1. The fourth-order valence-corrected chi connectivity index (χ4v) is 0.915. The molecule has 0 radical (unpaired) electrons. The number of hydrogen-bond acceptors (Lipinski definition) is 3. The molecule has 0 aliphatic carbocycles. The molecule has 0 unspecified atom stereocenters. The summed E-state index contributed by atoms with van der Waals surface area (Å²) in [5, 5.41) is 11.1. The molecule has 4 nitrogen and oxygen atoms in total. The molecule has 0 heterocycles. The molecule has 0 aromatic rings. The number of carbonyl (C=O) groups is 1. The van der Waals surface area contributed by atoms with Crippen LogP contribution in [-0.4, -0.2) is 43.3 Å². The number of hydrogen-bond donors (Lipinski definition) is 2. The lowest BCUT2D eigenvalue weighted by molar-refractivity contribution is -0.120. The lowest BCUT2D eigenvalue weighted by Gasteiger charge is -2.04. The van der Waals surface area contributed by atoms with Crippen LogP contribution in [0, 0.1) is 0 Å². The number of ether oxygens (including phenoxy) is 1. The smallest absolute Gasteiger partial charge is 0.221 e. The van der Waals surface area contributed by atoms with Crippen LogP contribution < -0.4 is 5.32 Å². The second-order valence-electron chi connectivity index (χ2n) is 2.48. The van der Waals surface area contributed by atoms with Crippen LogP contribution in [0.1, 0.15) is 12.8 Å². The maximum Gasteiger partial charge on any atom is 0.221 e.